The summed E-state index contributed by atoms with van der Waals surface area (Å²) in [6.07, 6.45) is -5.80. The van der Waals surface area contributed by atoms with Crippen molar-refractivity contribution in [3.8, 4) is 0 Å². The van der Waals surface area contributed by atoms with Gasteiger partial charge < -0.3 is 4.84 Å². The number of nitrogens with zero attached hydrogens (tertiary/aromatic N) is 1. The smallest absolute Gasteiger partial charge is 0.324 e. The minimum absolute atomic E-state index is 0.00969. The van der Waals surface area contributed by atoms with Gasteiger partial charge in [-0.15, -0.1) is 0 Å². The number of halogens is 5. The fourth-order valence-corrected chi connectivity index (χ4v) is 2.36. The first kappa shape index (κ1) is 18.5. The normalized spacial score (nSPS) is 14.3. The predicted octanol–water partition coefficient (Wildman–Crippen LogP) is 3.71. The Bertz CT molecular complexity index is 902. The first-order valence-electron chi connectivity index (χ1n) is 7.29. The van der Waals surface area contributed by atoms with Crippen LogP contribution < -0.4 is 0 Å². The van der Waals surface area contributed by atoms with E-state index in [1.165, 1.54) is 24.3 Å². The van der Waals surface area contributed by atoms with Crippen molar-refractivity contribution >= 4 is 17.8 Å². The summed E-state index contributed by atoms with van der Waals surface area (Å²) < 4.78 is 63.5. The average molecular weight is 385 g/mol. The molecule has 0 spiro atoms. The van der Waals surface area contributed by atoms with Crippen molar-refractivity contribution in [3.63, 3.8) is 0 Å². The molecule has 1 aliphatic heterocycles. The number of fused-ring (bicyclic) bond motifs is 1. The molecule has 0 bridgehead atoms. The topological polar surface area (TPSA) is 63.7 Å². The number of rotatable bonds is 3. The van der Waals surface area contributed by atoms with Crippen LogP contribution in [0.15, 0.2) is 48.5 Å². The average Bonchev–Trinajstić information content (AvgIpc) is 2.86. The van der Waals surface area contributed by atoms with Gasteiger partial charge in [0.05, 0.1) is 16.7 Å². The van der Waals surface area contributed by atoms with Crippen molar-refractivity contribution in [2.75, 3.05) is 0 Å². The minimum Gasteiger partial charge on any atom is -0.324 e. The van der Waals surface area contributed by atoms with Gasteiger partial charge in [-0.05, 0) is 24.3 Å². The molecule has 0 N–H and O–H groups in total. The lowest BCUT2D eigenvalue weighted by Crippen LogP contribution is -2.34. The van der Waals surface area contributed by atoms with E-state index < -0.39 is 41.0 Å². The molecule has 0 saturated carbocycles. The fraction of sp³-hybridized carbons (Fsp3) is 0.118. The Hall–Kier alpha value is -3.30. The summed E-state index contributed by atoms with van der Waals surface area (Å²) in [7, 11) is 0. The van der Waals surface area contributed by atoms with Crippen molar-refractivity contribution < 1.29 is 41.2 Å². The van der Waals surface area contributed by atoms with Gasteiger partial charge in [-0.25, -0.2) is 4.79 Å². The predicted molar refractivity (Wildman–Crippen MR) is 78.7 cm³/mol. The van der Waals surface area contributed by atoms with Crippen LogP contribution >= 0.6 is 0 Å². The summed E-state index contributed by atoms with van der Waals surface area (Å²) in [4.78, 5) is 40.9. The summed E-state index contributed by atoms with van der Waals surface area (Å²) in [6.45, 7) is 0. The Morgan fingerprint density at radius 1 is 0.815 bits per heavy atom. The Morgan fingerprint density at radius 3 is 1.74 bits per heavy atom. The van der Waals surface area contributed by atoms with Crippen molar-refractivity contribution in [1.82, 2.24) is 5.06 Å². The van der Waals surface area contributed by atoms with Crippen LogP contribution in [0.5, 0.6) is 0 Å². The van der Waals surface area contributed by atoms with Gasteiger partial charge in [0.25, 0.3) is 11.8 Å². The molecule has 140 valence electrons. The number of imide groups is 1. The fourth-order valence-electron chi connectivity index (χ4n) is 2.36. The van der Waals surface area contributed by atoms with Crippen molar-refractivity contribution in [1.29, 1.82) is 0 Å². The molecule has 0 atom stereocenters. The first-order chi connectivity index (χ1) is 12.5. The van der Waals surface area contributed by atoms with Gasteiger partial charge in [0.2, 0.25) is 0 Å². The SMILES string of the molecule is O=C(ON1C(=O)c2ccccc2C1=O)c1ccc(C(F)(F)C(F)(F)F)cc1. The lowest BCUT2D eigenvalue weighted by molar-refractivity contribution is -0.289. The van der Waals surface area contributed by atoms with Gasteiger partial charge in [-0.3, -0.25) is 9.59 Å². The first-order valence-corrected chi connectivity index (χ1v) is 7.29. The third-order valence-electron chi connectivity index (χ3n) is 3.77. The standard InChI is InChI=1S/C17H8F5NO4/c18-16(19,17(20,21)22)10-7-5-9(6-8-10)15(26)27-23-13(24)11-3-1-2-4-12(11)14(23)25/h1-8H. The third-order valence-corrected chi connectivity index (χ3v) is 3.77. The highest BCUT2D eigenvalue weighted by atomic mass is 19.4. The molecule has 10 heteroatoms. The van der Waals surface area contributed by atoms with Gasteiger partial charge in [0.1, 0.15) is 0 Å². The molecule has 0 unspecified atom stereocenters. The second-order valence-corrected chi connectivity index (χ2v) is 5.48. The highest BCUT2D eigenvalue weighted by molar-refractivity contribution is 6.21. The Labute approximate surface area is 147 Å². The highest BCUT2D eigenvalue weighted by Gasteiger charge is 2.58. The van der Waals surface area contributed by atoms with E-state index in [4.69, 9.17) is 0 Å². The molecule has 2 aromatic carbocycles. The van der Waals surface area contributed by atoms with Crippen LogP contribution in [0.2, 0.25) is 0 Å². The van der Waals surface area contributed by atoms with Crippen LogP contribution in [0.25, 0.3) is 0 Å². The molecule has 0 fully saturated rings. The monoisotopic (exact) mass is 385 g/mol. The van der Waals surface area contributed by atoms with Gasteiger partial charge >= 0.3 is 18.1 Å². The molecule has 0 radical (unpaired) electrons. The van der Waals surface area contributed by atoms with Crippen LogP contribution in [0.3, 0.4) is 0 Å². The Morgan fingerprint density at radius 2 is 1.30 bits per heavy atom. The summed E-state index contributed by atoms with van der Waals surface area (Å²) >= 11 is 0. The highest BCUT2D eigenvalue weighted by Crippen LogP contribution is 2.43. The molecule has 2 amide bonds. The van der Waals surface area contributed by atoms with E-state index in [1.807, 2.05) is 0 Å². The zero-order valence-corrected chi connectivity index (χ0v) is 13.1. The molecule has 5 nitrogen and oxygen atoms in total. The van der Waals surface area contributed by atoms with E-state index >= 15 is 0 Å². The van der Waals surface area contributed by atoms with E-state index in [1.54, 1.807) is 0 Å². The van der Waals surface area contributed by atoms with Crippen LogP contribution in [-0.4, -0.2) is 29.0 Å². The van der Waals surface area contributed by atoms with E-state index in [0.29, 0.717) is 24.3 Å². The molecule has 0 aliphatic carbocycles. The van der Waals surface area contributed by atoms with E-state index in [-0.39, 0.29) is 16.2 Å². The van der Waals surface area contributed by atoms with Crippen LogP contribution in [0, 0.1) is 0 Å². The second kappa shape index (κ2) is 6.15. The summed E-state index contributed by atoms with van der Waals surface area (Å²) in [5, 5.41) is 0.200. The lowest BCUT2D eigenvalue weighted by Gasteiger charge is -2.20. The van der Waals surface area contributed by atoms with Crippen molar-refractivity contribution in [3.05, 3.63) is 70.8 Å². The molecular formula is C17H8F5NO4. The summed E-state index contributed by atoms with van der Waals surface area (Å²) in [6, 6.07) is 7.85. The Balaban J connectivity index is 1.78. The molecule has 2 aromatic rings. The zero-order chi connectivity index (χ0) is 20.0. The number of hydrogen-bond donors (Lipinski definition) is 0. The quantitative estimate of drug-likeness (QED) is 0.597. The van der Waals surface area contributed by atoms with Gasteiger partial charge in [0, 0.05) is 5.56 Å². The number of carbonyl (C=O) groups is 3. The van der Waals surface area contributed by atoms with Crippen molar-refractivity contribution in [2.24, 2.45) is 0 Å². The molecule has 1 aliphatic rings. The maximum atomic E-state index is 13.2. The summed E-state index contributed by atoms with van der Waals surface area (Å²) in [5.74, 6) is -8.17. The molecule has 27 heavy (non-hydrogen) atoms. The molecular weight excluding hydrogens is 377 g/mol. The maximum Gasteiger partial charge on any atom is 0.458 e. The number of alkyl halides is 5. The molecule has 1 heterocycles. The van der Waals surface area contributed by atoms with Crippen LogP contribution in [0.1, 0.15) is 36.6 Å². The van der Waals surface area contributed by atoms with Gasteiger partial charge in [0.15, 0.2) is 0 Å². The zero-order valence-electron chi connectivity index (χ0n) is 13.1. The lowest BCUT2D eigenvalue weighted by atomic mass is 10.1. The number of amides is 2. The van der Waals surface area contributed by atoms with E-state index in [9.17, 15) is 36.3 Å². The number of hydroxylamine groups is 2. The molecule has 0 aromatic heterocycles. The van der Waals surface area contributed by atoms with E-state index in [0.717, 1.165) is 0 Å². The third kappa shape index (κ3) is 3.03. The largest absolute Gasteiger partial charge is 0.458 e. The van der Waals surface area contributed by atoms with Crippen molar-refractivity contribution in [2.45, 2.75) is 12.1 Å². The molecule has 0 saturated heterocycles. The van der Waals surface area contributed by atoms with Gasteiger partial charge in [-0.1, -0.05) is 29.3 Å². The Kier molecular flexibility index (Phi) is 4.21. The van der Waals surface area contributed by atoms with Crippen LogP contribution in [0.4, 0.5) is 22.0 Å². The van der Waals surface area contributed by atoms with Crippen LogP contribution in [-0.2, 0) is 10.8 Å². The number of benzene rings is 2. The maximum absolute atomic E-state index is 13.2. The molecule has 3 rings (SSSR count). The number of carbonyl (C=O) groups excluding carboxylic acids is 3. The van der Waals surface area contributed by atoms with E-state index in [2.05, 4.69) is 4.84 Å². The minimum atomic E-state index is -5.80. The second-order valence-electron chi connectivity index (χ2n) is 5.48. The number of hydrogen-bond acceptors (Lipinski definition) is 4. The van der Waals surface area contributed by atoms with Gasteiger partial charge in [-0.2, -0.15) is 22.0 Å². The summed E-state index contributed by atoms with van der Waals surface area (Å²) in [5.41, 5.74) is -1.77.